The number of rotatable bonds is 7. The average molecular weight is 527 g/mol. The Balaban J connectivity index is 1.55. The fraction of sp³-hybridized carbons (Fsp3) is 0.250. The number of aromatic nitrogens is 1. The largest absolute Gasteiger partial charge is 0.423 e. The second kappa shape index (κ2) is 11.8. The van der Waals surface area contributed by atoms with Gasteiger partial charge in [0.25, 0.3) is 0 Å². The molecule has 0 saturated carbocycles. The monoisotopic (exact) mass is 526 g/mol. The van der Waals surface area contributed by atoms with E-state index in [0.717, 1.165) is 0 Å². The molecule has 0 atom stereocenters. The summed E-state index contributed by atoms with van der Waals surface area (Å²) in [5.41, 5.74) is 0.635. The molecule has 13 heteroatoms. The van der Waals surface area contributed by atoms with Gasteiger partial charge in [0, 0.05) is 53.2 Å². The lowest BCUT2D eigenvalue weighted by atomic mass is 10.3. The molecule has 0 N–H and O–H groups in total. The van der Waals surface area contributed by atoms with Gasteiger partial charge in [0.1, 0.15) is 17.6 Å². The van der Waals surface area contributed by atoms with Crippen LogP contribution in [0.25, 0.3) is 10.2 Å². The van der Waals surface area contributed by atoms with Crippen molar-refractivity contribution in [1.29, 1.82) is 5.26 Å². The average Bonchev–Trinajstić information content (AvgIpc) is 3.25. The molecule has 12 nitrogen and oxygen atoms in total. The first kappa shape index (κ1) is 26.9. The number of esters is 2. The summed E-state index contributed by atoms with van der Waals surface area (Å²) < 4.78 is 21.4. The Bertz CT molecular complexity index is 1400. The van der Waals surface area contributed by atoms with Gasteiger partial charge in [-0.05, 0) is 24.3 Å². The normalized spacial score (nSPS) is 10.2. The molecule has 1 heterocycles. The van der Waals surface area contributed by atoms with Gasteiger partial charge in [-0.1, -0.05) is 0 Å². The maximum atomic E-state index is 12.5. The van der Waals surface area contributed by atoms with Crippen molar-refractivity contribution in [3.8, 4) is 29.1 Å². The third-order valence-electron chi connectivity index (χ3n) is 4.68. The van der Waals surface area contributed by atoms with Gasteiger partial charge in [-0.3, -0.25) is 9.59 Å². The second-order valence-corrected chi connectivity index (χ2v) is 8.67. The third kappa shape index (κ3) is 7.39. The minimum Gasteiger partial charge on any atom is -0.423 e. The van der Waals surface area contributed by atoms with Crippen LogP contribution in [0.15, 0.2) is 36.4 Å². The molecule has 3 rings (SSSR count). The molecule has 1 aromatic heterocycles. The number of amides is 2. The van der Waals surface area contributed by atoms with Crippen LogP contribution >= 0.6 is 11.3 Å². The highest BCUT2D eigenvalue weighted by atomic mass is 32.1. The lowest BCUT2D eigenvalue weighted by Crippen LogP contribution is -2.39. The number of carbonyl (C=O) groups excluding carboxylic acids is 4. The molecule has 2 amide bonds. The summed E-state index contributed by atoms with van der Waals surface area (Å²) in [5, 5.41) is 9.28. The number of nitriles is 1. The maximum Gasteiger partial charge on any atom is 0.415 e. The van der Waals surface area contributed by atoms with Crippen LogP contribution in [0.3, 0.4) is 0 Å². The van der Waals surface area contributed by atoms with E-state index in [0.29, 0.717) is 21.0 Å². The van der Waals surface area contributed by atoms with Crippen LogP contribution in [-0.2, 0) is 9.59 Å². The fourth-order valence-electron chi connectivity index (χ4n) is 2.88. The number of hydrogen-bond acceptors (Lipinski definition) is 11. The van der Waals surface area contributed by atoms with Gasteiger partial charge in [-0.25, -0.2) is 14.6 Å². The van der Waals surface area contributed by atoms with Crippen LogP contribution in [0.2, 0.25) is 0 Å². The molecule has 3 aromatic rings. The van der Waals surface area contributed by atoms with E-state index >= 15 is 0 Å². The smallest absolute Gasteiger partial charge is 0.415 e. The van der Waals surface area contributed by atoms with Crippen LogP contribution in [0.1, 0.15) is 18.9 Å². The van der Waals surface area contributed by atoms with Gasteiger partial charge in [0.15, 0.2) is 16.5 Å². The molecule has 0 radical (unpaired) electrons. The predicted octanol–water partition coefficient (Wildman–Crippen LogP) is 3.58. The van der Waals surface area contributed by atoms with E-state index in [2.05, 4.69) is 4.98 Å². The van der Waals surface area contributed by atoms with Crippen molar-refractivity contribution in [2.45, 2.75) is 13.8 Å². The summed E-state index contributed by atoms with van der Waals surface area (Å²) in [6.07, 6.45) is -1.38. The van der Waals surface area contributed by atoms with Crippen LogP contribution in [-0.4, -0.2) is 66.1 Å². The first-order valence-electron chi connectivity index (χ1n) is 10.7. The number of fused-ring (bicyclic) bond motifs is 1. The summed E-state index contributed by atoms with van der Waals surface area (Å²) in [7, 11) is 2.99. The SMILES string of the molecule is CC(=O)Oc1ccc(OC(=O)N(C)CCN(C)C(=O)Oc2ccc3nc(C#N)sc3c2)cc1OC(C)=O. The first-order valence-corrected chi connectivity index (χ1v) is 11.5. The molecule has 0 aliphatic carbocycles. The number of nitrogens with zero attached hydrogens (tertiary/aromatic N) is 4. The van der Waals surface area contributed by atoms with Gasteiger partial charge in [0.05, 0.1) is 10.2 Å². The van der Waals surface area contributed by atoms with Gasteiger partial charge >= 0.3 is 24.1 Å². The summed E-state index contributed by atoms with van der Waals surface area (Å²) in [6, 6.07) is 10.8. The Morgan fingerprint density at radius 3 is 1.95 bits per heavy atom. The molecule has 192 valence electrons. The quantitative estimate of drug-likeness (QED) is 0.330. The zero-order chi connectivity index (χ0) is 27.1. The lowest BCUT2D eigenvalue weighted by molar-refractivity contribution is -0.134. The van der Waals surface area contributed by atoms with Crippen molar-refractivity contribution in [2.75, 3.05) is 27.2 Å². The minimum absolute atomic E-state index is 0.00372. The lowest BCUT2D eigenvalue weighted by Gasteiger charge is -2.21. The summed E-state index contributed by atoms with van der Waals surface area (Å²) in [5.74, 6) is -1.00. The van der Waals surface area contributed by atoms with Crippen molar-refractivity contribution < 1.29 is 38.1 Å². The molecule has 0 spiro atoms. The van der Waals surface area contributed by atoms with Crippen LogP contribution in [0.4, 0.5) is 9.59 Å². The first-order chi connectivity index (χ1) is 17.5. The minimum atomic E-state index is -0.736. The van der Waals surface area contributed by atoms with Gasteiger partial charge in [-0.2, -0.15) is 5.26 Å². The number of likely N-dealkylation sites (N-methyl/N-ethyl adjacent to an activating group) is 2. The second-order valence-electron chi connectivity index (χ2n) is 7.64. The topological polar surface area (TPSA) is 148 Å². The molecule has 37 heavy (non-hydrogen) atoms. The van der Waals surface area contributed by atoms with E-state index in [4.69, 9.17) is 24.2 Å². The van der Waals surface area contributed by atoms with Gasteiger partial charge < -0.3 is 28.7 Å². The zero-order valence-electron chi connectivity index (χ0n) is 20.3. The Labute approximate surface area is 215 Å². The van der Waals surface area contributed by atoms with Crippen molar-refractivity contribution >= 4 is 45.7 Å². The number of benzene rings is 2. The van der Waals surface area contributed by atoms with Crippen molar-refractivity contribution in [3.63, 3.8) is 0 Å². The number of carbonyl (C=O) groups is 4. The van der Waals surface area contributed by atoms with Crippen molar-refractivity contribution in [1.82, 2.24) is 14.8 Å². The van der Waals surface area contributed by atoms with Gasteiger partial charge in [0.2, 0.25) is 0 Å². The Kier molecular flexibility index (Phi) is 8.59. The Morgan fingerprint density at radius 2 is 1.38 bits per heavy atom. The summed E-state index contributed by atoms with van der Waals surface area (Å²) >= 11 is 1.19. The highest BCUT2D eigenvalue weighted by Gasteiger charge is 2.18. The van der Waals surface area contributed by atoms with E-state index in [1.807, 2.05) is 6.07 Å². The molecule has 0 aliphatic rings. The number of thiazole rings is 1. The van der Waals surface area contributed by atoms with E-state index < -0.39 is 24.1 Å². The number of hydrogen-bond donors (Lipinski definition) is 0. The van der Waals surface area contributed by atoms with Crippen molar-refractivity contribution in [2.24, 2.45) is 0 Å². The predicted molar refractivity (Wildman–Crippen MR) is 131 cm³/mol. The van der Waals surface area contributed by atoms with E-state index in [-0.39, 0.29) is 30.3 Å². The molecule has 0 unspecified atom stereocenters. The molecule has 0 bridgehead atoms. The maximum absolute atomic E-state index is 12.5. The fourth-order valence-corrected chi connectivity index (χ4v) is 3.67. The van der Waals surface area contributed by atoms with Crippen LogP contribution in [0, 0.1) is 11.3 Å². The molecular weight excluding hydrogens is 504 g/mol. The van der Waals surface area contributed by atoms with Crippen LogP contribution < -0.4 is 18.9 Å². The standard InChI is InChI=1S/C24H22N4O8S/c1-14(29)33-19-8-6-16(11-20(19)34-15(2)30)35-23(31)27(3)9-10-28(4)24(32)36-17-5-7-18-21(12-17)37-22(13-25)26-18/h5-8,11-12H,9-10H2,1-4H3. The summed E-state index contributed by atoms with van der Waals surface area (Å²) in [6.45, 7) is 2.62. The van der Waals surface area contributed by atoms with Gasteiger partial charge in [-0.15, -0.1) is 11.3 Å². The molecular formula is C24H22N4O8S. The van der Waals surface area contributed by atoms with E-state index in [1.165, 1.54) is 67.3 Å². The molecule has 0 saturated heterocycles. The van der Waals surface area contributed by atoms with Crippen LogP contribution in [0.5, 0.6) is 23.0 Å². The summed E-state index contributed by atoms with van der Waals surface area (Å²) in [4.78, 5) is 54.2. The third-order valence-corrected chi connectivity index (χ3v) is 5.61. The van der Waals surface area contributed by atoms with E-state index in [1.54, 1.807) is 18.2 Å². The van der Waals surface area contributed by atoms with E-state index in [9.17, 15) is 19.2 Å². The molecule has 0 fully saturated rings. The zero-order valence-corrected chi connectivity index (χ0v) is 21.2. The van der Waals surface area contributed by atoms with Crippen molar-refractivity contribution in [3.05, 3.63) is 41.4 Å². The molecule has 0 aliphatic heterocycles. The highest BCUT2D eigenvalue weighted by molar-refractivity contribution is 7.19. The number of ether oxygens (including phenoxy) is 4. The molecule has 2 aromatic carbocycles. The Hall–Kier alpha value is -4.70. The Morgan fingerprint density at radius 1 is 0.838 bits per heavy atom. The highest BCUT2D eigenvalue weighted by Crippen LogP contribution is 2.32.